The van der Waals surface area contributed by atoms with Crippen LogP contribution >= 0.6 is 11.6 Å². The minimum atomic E-state index is -0.443. The first kappa shape index (κ1) is 16.0. The highest BCUT2D eigenvalue weighted by Gasteiger charge is 2.25. The van der Waals surface area contributed by atoms with Gasteiger partial charge in [0.15, 0.2) is 0 Å². The number of nitrogens with zero attached hydrogens (tertiary/aromatic N) is 3. The maximum Gasteiger partial charge on any atom is 0.410 e. The number of carbonyl (C=O) groups is 1. The van der Waals surface area contributed by atoms with E-state index in [9.17, 15) is 4.79 Å². The average molecular weight is 312 g/mol. The molecule has 6 heteroatoms. The molecule has 0 saturated carbocycles. The van der Waals surface area contributed by atoms with Crippen molar-refractivity contribution in [1.29, 1.82) is 0 Å². The normalized spacial score (nSPS) is 16.9. The molecule has 1 aliphatic rings. The quantitative estimate of drug-likeness (QED) is 0.842. The number of piperazine rings is 1. The van der Waals surface area contributed by atoms with Gasteiger partial charge in [-0.1, -0.05) is 11.6 Å². The number of pyridine rings is 1. The van der Waals surface area contributed by atoms with E-state index in [0.717, 1.165) is 25.3 Å². The zero-order valence-electron chi connectivity index (χ0n) is 12.8. The Labute approximate surface area is 130 Å². The smallest absolute Gasteiger partial charge is 0.410 e. The van der Waals surface area contributed by atoms with Crippen LogP contribution in [0.25, 0.3) is 0 Å². The molecule has 0 radical (unpaired) electrons. The first-order valence-electron chi connectivity index (χ1n) is 7.14. The van der Waals surface area contributed by atoms with Gasteiger partial charge in [-0.3, -0.25) is 9.88 Å². The second kappa shape index (κ2) is 6.62. The molecule has 0 unspecified atom stereocenters. The summed E-state index contributed by atoms with van der Waals surface area (Å²) >= 11 is 5.83. The molecule has 21 heavy (non-hydrogen) atoms. The second-order valence-electron chi connectivity index (χ2n) is 6.21. The predicted molar refractivity (Wildman–Crippen MR) is 82.3 cm³/mol. The van der Waals surface area contributed by atoms with Gasteiger partial charge < -0.3 is 9.64 Å². The molecule has 0 atom stereocenters. The van der Waals surface area contributed by atoms with Crippen molar-refractivity contribution in [2.75, 3.05) is 26.2 Å². The van der Waals surface area contributed by atoms with Crippen LogP contribution in [0.2, 0.25) is 5.02 Å². The third-order valence-corrected chi connectivity index (χ3v) is 3.42. The second-order valence-corrected chi connectivity index (χ2v) is 6.65. The topological polar surface area (TPSA) is 45.7 Å². The number of amides is 1. The third kappa shape index (κ3) is 5.17. The molecule has 1 aliphatic heterocycles. The van der Waals surface area contributed by atoms with Crippen LogP contribution in [0, 0.1) is 0 Å². The molecule has 1 fully saturated rings. The number of hydrogen-bond donors (Lipinski definition) is 0. The molecule has 1 amide bonds. The van der Waals surface area contributed by atoms with Crippen molar-refractivity contribution in [1.82, 2.24) is 14.8 Å². The van der Waals surface area contributed by atoms with Gasteiger partial charge in [0.25, 0.3) is 0 Å². The van der Waals surface area contributed by atoms with Crippen molar-refractivity contribution in [2.24, 2.45) is 0 Å². The lowest BCUT2D eigenvalue weighted by Crippen LogP contribution is -2.49. The van der Waals surface area contributed by atoms with E-state index >= 15 is 0 Å². The lowest BCUT2D eigenvalue weighted by Gasteiger charge is -2.35. The number of halogens is 1. The number of ether oxygens (including phenoxy) is 1. The van der Waals surface area contributed by atoms with Crippen molar-refractivity contribution in [2.45, 2.75) is 32.9 Å². The molecule has 5 nitrogen and oxygen atoms in total. The molecular weight excluding hydrogens is 290 g/mol. The van der Waals surface area contributed by atoms with Gasteiger partial charge in [0, 0.05) is 38.9 Å². The SMILES string of the molecule is CC(C)(C)OC(=O)N1CCN(Cc2ccc(Cl)cn2)CC1. The van der Waals surface area contributed by atoms with Gasteiger partial charge in [0.2, 0.25) is 0 Å². The number of rotatable bonds is 2. The van der Waals surface area contributed by atoms with Crippen molar-refractivity contribution in [3.8, 4) is 0 Å². The highest BCUT2D eigenvalue weighted by Crippen LogP contribution is 2.13. The van der Waals surface area contributed by atoms with Gasteiger partial charge in [0.1, 0.15) is 5.60 Å². The maximum absolute atomic E-state index is 12.0. The van der Waals surface area contributed by atoms with Gasteiger partial charge in [-0.25, -0.2) is 4.79 Å². The summed E-state index contributed by atoms with van der Waals surface area (Å²) in [7, 11) is 0. The van der Waals surface area contributed by atoms with Crippen LogP contribution in [0.4, 0.5) is 4.79 Å². The zero-order valence-corrected chi connectivity index (χ0v) is 13.6. The number of hydrogen-bond acceptors (Lipinski definition) is 4. The van der Waals surface area contributed by atoms with Crippen LogP contribution in [0.5, 0.6) is 0 Å². The fourth-order valence-electron chi connectivity index (χ4n) is 2.14. The predicted octanol–water partition coefficient (Wildman–Crippen LogP) is 2.79. The Bertz CT molecular complexity index is 477. The van der Waals surface area contributed by atoms with Gasteiger partial charge in [-0.05, 0) is 32.9 Å². The van der Waals surface area contributed by atoms with Crippen LogP contribution < -0.4 is 0 Å². The largest absolute Gasteiger partial charge is 0.444 e. The Morgan fingerprint density at radius 3 is 2.48 bits per heavy atom. The van der Waals surface area contributed by atoms with Crippen molar-refractivity contribution in [3.63, 3.8) is 0 Å². The summed E-state index contributed by atoms with van der Waals surface area (Å²) < 4.78 is 5.39. The summed E-state index contributed by atoms with van der Waals surface area (Å²) in [5, 5.41) is 0.647. The summed E-state index contributed by atoms with van der Waals surface area (Å²) in [6.45, 7) is 9.44. The highest BCUT2D eigenvalue weighted by atomic mass is 35.5. The first-order chi connectivity index (χ1) is 9.83. The van der Waals surface area contributed by atoms with E-state index in [1.54, 1.807) is 11.1 Å². The van der Waals surface area contributed by atoms with Gasteiger partial charge in [-0.2, -0.15) is 0 Å². The van der Waals surface area contributed by atoms with Gasteiger partial charge in [-0.15, -0.1) is 0 Å². The van der Waals surface area contributed by atoms with E-state index in [1.807, 2.05) is 32.9 Å². The van der Waals surface area contributed by atoms with Crippen LogP contribution in [0.3, 0.4) is 0 Å². The van der Waals surface area contributed by atoms with E-state index in [1.165, 1.54) is 0 Å². The molecule has 0 aliphatic carbocycles. The number of aromatic nitrogens is 1. The molecule has 1 saturated heterocycles. The van der Waals surface area contributed by atoms with Crippen molar-refractivity contribution >= 4 is 17.7 Å². The molecule has 1 aromatic heterocycles. The van der Waals surface area contributed by atoms with E-state index in [4.69, 9.17) is 16.3 Å². The Kier molecular flexibility index (Phi) is 5.06. The molecule has 2 rings (SSSR count). The average Bonchev–Trinajstić information content (AvgIpc) is 2.40. The molecule has 1 aromatic rings. The summed E-state index contributed by atoms with van der Waals surface area (Å²) in [6, 6.07) is 3.78. The Balaban J connectivity index is 1.80. The molecule has 0 spiro atoms. The molecule has 0 bridgehead atoms. The van der Waals surface area contributed by atoms with E-state index in [2.05, 4.69) is 9.88 Å². The molecule has 2 heterocycles. The molecular formula is C15H22ClN3O2. The van der Waals surface area contributed by atoms with Crippen LogP contribution in [0.1, 0.15) is 26.5 Å². The maximum atomic E-state index is 12.0. The van der Waals surface area contributed by atoms with Crippen LogP contribution in [-0.4, -0.2) is 52.7 Å². The monoisotopic (exact) mass is 311 g/mol. The van der Waals surface area contributed by atoms with Crippen molar-refractivity contribution < 1.29 is 9.53 Å². The van der Waals surface area contributed by atoms with Crippen molar-refractivity contribution in [3.05, 3.63) is 29.0 Å². The zero-order chi connectivity index (χ0) is 15.5. The van der Waals surface area contributed by atoms with E-state index < -0.39 is 5.60 Å². The summed E-state index contributed by atoms with van der Waals surface area (Å²) in [5.41, 5.74) is 0.548. The van der Waals surface area contributed by atoms with Crippen LogP contribution in [-0.2, 0) is 11.3 Å². The lowest BCUT2D eigenvalue weighted by molar-refractivity contribution is 0.0138. The molecule has 0 aromatic carbocycles. The minimum Gasteiger partial charge on any atom is -0.444 e. The lowest BCUT2D eigenvalue weighted by atomic mass is 10.2. The molecule has 0 N–H and O–H groups in total. The van der Waals surface area contributed by atoms with Gasteiger partial charge in [0.05, 0.1) is 10.7 Å². The Morgan fingerprint density at radius 2 is 1.95 bits per heavy atom. The Morgan fingerprint density at radius 1 is 1.29 bits per heavy atom. The van der Waals surface area contributed by atoms with Gasteiger partial charge >= 0.3 is 6.09 Å². The fourth-order valence-corrected chi connectivity index (χ4v) is 2.26. The van der Waals surface area contributed by atoms with E-state index in [-0.39, 0.29) is 6.09 Å². The molecule has 116 valence electrons. The fraction of sp³-hybridized carbons (Fsp3) is 0.600. The highest BCUT2D eigenvalue weighted by molar-refractivity contribution is 6.30. The Hall–Kier alpha value is -1.33. The van der Waals surface area contributed by atoms with E-state index in [0.29, 0.717) is 18.1 Å². The standard InChI is InChI=1S/C15H22ClN3O2/c1-15(2,3)21-14(20)19-8-6-18(7-9-19)11-13-5-4-12(16)10-17-13/h4-5,10H,6-9,11H2,1-3H3. The first-order valence-corrected chi connectivity index (χ1v) is 7.52. The third-order valence-electron chi connectivity index (χ3n) is 3.20. The number of carbonyl (C=O) groups excluding carboxylic acids is 1. The summed E-state index contributed by atoms with van der Waals surface area (Å²) in [5.74, 6) is 0. The van der Waals surface area contributed by atoms with Crippen LogP contribution in [0.15, 0.2) is 18.3 Å². The summed E-state index contributed by atoms with van der Waals surface area (Å²) in [6.07, 6.45) is 1.43. The minimum absolute atomic E-state index is 0.230. The summed E-state index contributed by atoms with van der Waals surface area (Å²) in [4.78, 5) is 20.3.